The Balaban J connectivity index is 1.75. The van der Waals surface area contributed by atoms with E-state index in [2.05, 4.69) is 12.2 Å². The third kappa shape index (κ3) is 5.30. The van der Waals surface area contributed by atoms with Crippen LogP contribution in [0.1, 0.15) is 42.9 Å². The minimum atomic E-state index is -0.449. The summed E-state index contributed by atoms with van der Waals surface area (Å²) in [4.78, 5) is 32.2. The smallest absolute Gasteiger partial charge is 0.242 e. The molecule has 1 saturated heterocycles. The van der Waals surface area contributed by atoms with Gasteiger partial charge in [0.25, 0.3) is 0 Å². The van der Waals surface area contributed by atoms with E-state index in [1.54, 1.807) is 4.90 Å². The molecule has 0 bridgehead atoms. The van der Waals surface area contributed by atoms with E-state index < -0.39 is 5.25 Å². The molecule has 0 saturated carbocycles. The Kier molecular flexibility index (Phi) is 7.32. The average molecular weight is 424 g/mol. The molecule has 0 radical (unpaired) electrons. The molecule has 2 amide bonds. The highest BCUT2D eigenvalue weighted by Gasteiger charge is 2.38. The van der Waals surface area contributed by atoms with Crippen molar-refractivity contribution in [3.8, 4) is 0 Å². The van der Waals surface area contributed by atoms with Gasteiger partial charge in [-0.2, -0.15) is 0 Å². The second-order valence-corrected chi connectivity index (χ2v) is 8.87. The monoisotopic (exact) mass is 423 g/mol. The summed E-state index contributed by atoms with van der Waals surface area (Å²) in [6.07, 6.45) is 2.03. The number of aryl methyl sites for hydroxylation is 3. The highest BCUT2D eigenvalue weighted by molar-refractivity contribution is 8.15. The second-order valence-electron chi connectivity index (χ2n) is 7.70. The van der Waals surface area contributed by atoms with Crippen molar-refractivity contribution >= 4 is 40.1 Å². The summed E-state index contributed by atoms with van der Waals surface area (Å²) in [5, 5.41) is 3.23. The number of aliphatic imine (C=N–C) groups is 1. The van der Waals surface area contributed by atoms with Gasteiger partial charge < -0.3 is 5.32 Å². The number of amides is 2. The molecule has 1 N–H and O–H groups in total. The fourth-order valence-corrected chi connectivity index (χ4v) is 4.53. The fraction of sp³-hybridized carbons (Fsp3) is 0.375. The Morgan fingerprint density at radius 1 is 1.10 bits per heavy atom. The third-order valence-corrected chi connectivity index (χ3v) is 6.31. The van der Waals surface area contributed by atoms with E-state index in [4.69, 9.17) is 4.99 Å². The van der Waals surface area contributed by atoms with Crippen LogP contribution in [0.25, 0.3) is 0 Å². The zero-order chi connectivity index (χ0) is 21.7. The molecule has 1 aliphatic rings. The quantitative estimate of drug-likeness (QED) is 0.651. The summed E-state index contributed by atoms with van der Waals surface area (Å²) in [5.74, 6) is -0.179. The van der Waals surface area contributed by atoms with Gasteiger partial charge in [-0.05, 0) is 50.5 Å². The average Bonchev–Trinajstić information content (AvgIpc) is 2.99. The summed E-state index contributed by atoms with van der Waals surface area (Å²) in [7, 11) is 0. The summed E-state index contributed by atoms with van der Waals surface area (Å²) >= 11 is 1.39. The van der Waals surface area contributed by atoms with E-state index in [0.717, 1.165) is 40.9 Å². The van der Waals surface area contributed by atoms with Crippen LogP contribution in [0.15, 0.2) is 47.5 Å². The molecule has 2 aromatic rings. The molecule has 1 heterocycles. The predicted octanol–water partition coefficient (Wildman–Crippen LogP) is 5.37. The Morgan fingerprint density at radius 2 is 1.77 bits per heavy atom. The molecule has 1 atom stereocenters. The highest BCUT2D eigenvalue weighted by atomic mass is 32.2. The molecular formula is C24H29N3O2S. The number of carbonyl (C=O) groups excluding carboxylic acids is 2. The van der Waals surface area contributed by atoms with Crippen LogP contribution in [0.4, 0.5) is 11.4 Å². The SMILES string of the molecule is CCCCN1C(=O)[C@H](CC(=O)Nc2c(C)cccc2C)SC1=Nc1ccc(C)cc1. The summed E-state index contributed by atoms with van der Waals surface area (Å²) < 4.78 is 0. The maximum Gasteiger partial charge on any atom is 0.242 e. The molecule has 1 aliphatic heterocycles. The van der Waals surface area contributed by atoms with E-state index in [1.807, 2.05) is 63.2 Å². The molecule has 0 aromatic heterocycles. The number of thioether (sulfide) groups is 1. The van der Waals surface area contributed by atoms with Crippen LogP contribution in [0.3, 0.4) is 0 Å². The van der Waals surface area contributed by atoms with E-state index in [0.29, 0.717) is 11.7 Å². The molecule has 0 aliphatic carbocycles. The van der Waals surface area contributed by atoms with Crippen molar-refractivity contribution < 1.29 is 9.59 Å². The minimum absolute atomic E-state index is 0.0315. The molecule has 5 nitrogen and oxygen atoms in total. The van der Waals surface area contributed by atoms with Gasteiger partial charge in [0, 0.05) is 18.7 Å². The molecule has 158 valence electrons. The van der Waals surface area contributed by atoms with E-state index in [1.165, 1.54) is 11.8 Å². The normalized spacial score (nSPS) is 17.6. The highest BCUT2D eigenvalue weighted by Crippen LogP contribution is 2.32. The number of carbonyl (C=O) groups is 2. The Morgan fingerprint density at radius 3 is 2.40 bits per heavy atom. The number of rotatable bonds is 7. The number of hydrogen-bond donors (Lipinski definition) is 1. The predicted molar refractivity (Wildman–Crippen MR) is 125 cm³/mol. The topological polar surface area (TPSA) is 61.8 Å². The summed E-state index contributed by atoms with van der Waals surface area (Å²) in [6, 6.07) is 13.8. The molecule has 1 fully saturated rings. The molecule has 0 unspecified atom stereocenters. The number of para-hydroxylation sites is 1. The van der Waals surface area contributed by atoms with Crippen LogP contribution in [0, 0.1) is 20.8 Å². The number of benzene rings is 2. The number of amidine groups is 1. The number of unbranched alkanes of at least 4 members (excludes halogenated alkanes) is 1. The third-order valence-electron chi connectivity index (χ3n) is 5.13. The van der Waals surface area contributed by atoms with Crippen molar-refractivity contribution in [2.45, 2.75) is 52.2 Å². The Labute approximate surface area is 183 Å². The molecule has 6 heteroatoms. The first kappa shape index (κ1) is 22.1. The van der Waals surface area contributed by atoms with E-state index >= 15 is 0 Å². The van der Waals surface area contributed by atoms with Crippen LogP contribution in [0.5, 0.6) is 0 Å². The number of nitrogens with one attached hydrogen (secondary N) is 1. The van der Waals surface area contributed by atoms with Crippen LogP contribution >= 0.6 is 11.8 Å². The van der Waals surface area contributed by atoms with Gasteiger partial charge in [0.15, 0.2) is 5.17 Å². The zero-order valence-corrected chi connectivity index (χ0v) is 18.9. The van der Waals surface area contributed by atoms with Crippen LogP contribution in [-0.2, 0) is 9.59 Å². The fourth-order valence-electron chi connectivity index (χ4n) is 3.35. The van der Waals surface area contributed by atoms with Gasteiger partial charge >= 0.3 is 0 Å². The van der Waals surface area contributed by atoms with Gasteiger partial charge in [-0.3, -0.25) is 14.5 Å². The maximum atomic E-state index is 13.0. The van der Waals surface area contributed by atoms with Gasteiger partial charge in [-0.25, -0.2) is 4.99 Å². The lowest BCUT2D eigenvalue weighted by molar-refractivity contribution is -0.128. The molecule has 3 rings (SSSR count). The second kappa shape index (κ2) is 9.94. The van der Waals surface area contributed by atoms with Gasteiger partial charge in [0.1, 0.15) is 5.25 Å². The van der Waals surface area contributed by atoms with E-state index in [-0.39, 0.29) is 18.2 Å². The maximum absolute atomic E-state index is 13.0. The first-order chi connectivity index (χ1) is 14.4. The van der Waals surface area contributed by atoms with Crippen molar-refractivity contribution in [3.05, 3.63) is 59.2 Å². The molecule has 0 spiro atoms. The lowest BCUT2D eigenvalue weighted by Gasteiger charge is -2.16. The van der Waals surface area contributed by atoms with Gasteiger partial charge in [0.05, 0.1) is 5.69 Å². The van der Waals surface area contributed by atoms with Crippen LogP contribution < -0.4 is 5.32 Å². The molecular weight excluding hydrogens is 394 g/mol. The van der Waals surface area contributed by atoms with Gasteiger partial charge in [-0.15, -0.1) is 0 Å². The minimum Gasteiger partial charge on any atom is -0.326 e. The van der Waals surface area contributed by atoms with E-state index in [9.17, 15) is 9.59 Å². The number of hydrogen-bond acceptors (Lipinski definition) is 4. The summed E-state index contributed by atoms with van der Waals surface area (Å²) in [5.41, 5.74) is 4.84. The number of nitrogens with zero attached hydrogens (tertiary/aromatic N) is 2. The largest absolute Gasteiger partial charge is 0.326 e. The first-order valence-corrected chi connectivity index (χ1v) is 11.3. The Hall–Kier alpha value is -2.60. The van der Waals surface area contributed by atoms with Crippen molar-refractivity contribution in [1.29, 1.82) is 0 Å². The standard InChI is InChI=1S/C24H29N3O2S/c1-5-6-14-27-23(29)20(30-24(27)25-19-12-10-16(2)11-13-19)15-21(28)26-22-17(3)8-7-9-18(22)4/h7-13,20H,5-6,14-15H2,1-4H3,(H,26,28)/t20-/m0/s1. The van der Waals surface area contributed by atoms with Gasteiger partial charge in [0.2, 0.25) is 11.8 Å². The molecule has 30 heavy (non-hydrogen) atoms. The van der Waals surface area contributed by atoms with Gasteiger partial charge in [-0.1, -0.05) is 61.0 Å². The van der Waals surface area contributed by atoms with Crippen LogP contribution in [0.2, 0.25) is 0 Å². The summed E-state index contributed by atoms with van der Waals surface area (Å²) in [6.45, 7) is 8.69. The van der Waals surface area contributed by atoms with Crippen molar-refractivity contribution in [3.63, 3.8) is 0 Å². The van der Waals surface area contributed by atoms with Crippen LogP contribution in [-0.4, -0.2) is 33.7 Å². The lowest BCUT2D eigenvalue weighted by atomic mass is 10.1. The Bertz CT molecular complexity index is 933. The molecule has 2 aromatic carbocycles. The zero-order valence-electron chi connectivity index (χ0n) is 18.1. The van der Waals surface area contributed by atoms with Crippen molar-refractivity contribution in [2.75, 3.05) is 11.9 Å². The van der Waals surface area contributed by atoms with Crippen molar-refractivity contribution in [2.24, 2.45) is 4.99 Å². The first-order valence-electron chi connectivity index (χ1n) is 10.4. The lowest BCUT2D eigenvalue weighted by Crippen LogP contribution is -2.34. The van der Waals surface area contributed by atoms with Crippen molar-refractivity contribution in [1.82, 2.24) is 4.90 Å². The number of anilines is 1.